The molecule has 0 saturated carbocycles. The van der Waals surface area contributed by atoms with E-state index in [2.05, 4.69) is 129 Å². The van der Waals surface area contributed by atoms with Crippen LogP contribution in [0.1, 0.15) is 43.9 Å². The Labute approximate surface area is 198 Å². The molecule has 0 heteroatoms. The van der Waals surface area contributed by atoms with Gasteiger partial charge in [0.05, 0.1) is 5.41 Å². The summed E-state index contributed by atoms with van der Waals surface area (Å²) in [5.74, 6) is 0. The second-order valence-corrected chi connectivity index (χ2v) is 8.26. The molecular formula is C33H30. The van der Waals surface area contributed by atoms with E-state index in [-0.39, 0.29) is 0 Å². The summed E-state index contributed by atoms with van der Waals surface area (Å²) < 4.78 is 0. The van der Waals surface area contributed by atoms with Gasteiger partial charge in [-0.15, -0.1) is 11.5 Å². The van der Waals surface area contributed by atoms with Gasteiger partial charge in [0.15, 0.2) is 0 Å². The van der Waals surface area contributed by atoms with Crippen LogP contribution in [0.3, 0.4) is 0 Å². The fourth-order valence-corrected chi connectivity index (χ4v) is 4.92. The fraction of sp³-hybridized carbons (Fsp3) is 0.152. The first-order valence-corrected chi connectivity index (χ1v) is 11.6. The third kappa shape index (κ3) is 4.15. The summed E-state index contributed by atoms with van der Waals surface area (Å²) in [6.45, 7) is 6.32. The highest BCUT2D eigenvalue weighted by Crippen LogP contribution is 2.55. The Morgan fingerprint density at radius 3 is 2.58 bits per heavy atom. The van der Waals surface area contributed by atoms with E-state index in [1.165, 1.54) is 39.0 Å². The lowest BCUT2D eigenvalue weighted by molar-refractivity contribution is 0.759. The number of rotatable bonds is 6. The van der Waals surface area contributed by atoms with Crippen molar-refractivity contribution in [3.05, 3.63) is 160 Å². The van der Waals surface area contributed by atoms with Gasteiger partial charge in [-0.3, -0.25) is 0 Å². The van der Waals surface area contributed by atoms with Crippen LogP contribution in [0.4, 0.5) is 0 Å². The molecule has 0 heterocycles. The molecule has 1 atom stereocenters. The lowest BCUT2D eigenvalue weighted by Crippen LogP contribution is -2.29. The van der Waals surface area contributed by atoms with Crippen LogP contribution in [0.5, 0.6) is 0 Å². The Bertz CT molecular complexity index is 1310. The number of allylic oxidation sites excluding steroid dienone is 12. The molecule has 33 heavy (non-hydrogen) atoms. The van der Waals surface area contributed by atoms with Crippen LogP contribution in [-0.2, 0) is 5.41 Å². The van der Waals surface area contributed by atoms with Crippen molar-refractivity contribution in [2.45, 2.75) is 32.6 Å². The predicted molar refractivity (Wildman–Crippen MR) is 142 cm³/mol. The van der Waals surface area contributed by atoms with Gasteiger partial charge in [-0.1, -0.05) is 91.1 Å². The van der Waals surface area contributed by atoms with E-state index in [1.807, 2.05) is 19.1 Å². The van der Waals surface area contributed by atoms with E-state index in [9.17, 15) is 0 Å². The standard InChI is InChI=1S/C33H30/c1-4-6-7-8-10-18-27-19-13-14-22-29(25-27)33(28-20-11-9-12-21-28)31(17-5-2)26(3)30-23-15-16-24-32(30)33/h4-5,7-17,19-21,23-25H,18H2,1-3H3/b10-8-,17-5-. The first-order valence-electron chi connectivity index (χ1n) is 11.6. The molecule has 0 N–H and O–H groups in total. The molecule has 0 aliphatic heterocycles. The third-order valence-corrected chi connectivity index (χ3v) is 6.31. The van der Waals surface area contributed by atoms with Crippen molar-refractivity contribution < 1.29 is 0 Å². The Morgan fingerprint density at radius 2 is 1.79 bits per heavy atom. The first-order chi connectivity index (χ1) is 16.2. The van der Waals surface area contributed by atoms with E-state index in [0.29, 0.717) is 0 Å². The van der Waals surface area contributed by atoms with Gasteiger partial charge < -0.3 is 0 Å². The zero-order valence-electron chi connectivity index (χ0n) is 19.7. The molecule has 0 fully saturated rings. The van der Waals surface area contributed by atoms with Crippen molar-refractivity contribution in [3.8, 4) is 0 Å². The minimum atomic E-state index is -0.406. The van der Waals surface area contributed by atoms with Crippen molar-refractivity contribution >= 4 is 5.57 Å². The molecule has 0 radical (unpaired) electrons. The Hall–Kier alpha value is -3.82. The van der Waals surface area contributed by atoms with E-state index < -0.39 is 5.41 Å². The van der Waals surface area contributed by atoms with Gasteiger partial charge in [0.2, 0.25) is 0 Å². The molecule has 0 spiro atoms. The lowest BCUT2D eigenvalue weighted by atomic mass is 9.66. The average Bonchev–Trinajstić information content (AvgIpc) is 2.98. The van der Waals surface area contributed by atoms with Gasteiger partial charge in [-0.25, -0.2) is 0 Å². The van der Waals surface area contributed by atoms with Crippen molar-refractivity contribution in [1.29, 1.82) is 0 Å². The molecule has 1 unspecified atom stereocenters. The molecule has 4 rings (SSSR count). The average molecular weight is 427 g/mol. The van der Waals surface area contributed by atoms with Crippen molar-refractivity contribution in [3.63, 3.8) is 0 Å². The monoisotopic (exact) mass is 426 g/mol. The van der Waals surface area contributed by atoms with Gasteiger partial charge in [0.1, 0.15) is 0 Å². The van der Waals surface area contributed by atoms with Gasteiger partial charge in [0, 0.05) is 5.57 Å². The molecule has 0 saturated heterocycles. The summed E-state index contributed by atoms with van der Waals surface area (Å²) in [5.41, 5.74) is 15.3. The summed E-state index contributed by atoms with van der Waals surface area (Å²) in [7, 11) is 0. The third-order valence-electron chi connectivity index (χ3n) is 6.31. The predicted octanol–water partition coefficient (Wildman–Crippen LogP) is 8.59. The fourth-order valence-electron chi connectivity index (χ4n) is 4.92. The Kier molecular flexibility index (Phi) is 6.92. The molecule has 2 aliphatic rings. The highest BCUT2D eigenvalue weighted by Gasteiger charge is 2.46. The van der Waals surface area contributed by atoms with Gasteiger partial charge in [-0.2, -0.15) is 0 Å². The van der Waals surface area contributed by atoms with Gasteiger partial charge >= 0.3 is 0 Å². The lowest BCUT2D eigenvalue weighted by Gasteiger charge is -2.35. The molecular weight excluding hydrogens is 396 g/mol. The van der Waals surface area contributed by atoms with Crippen LogP contribution in [-0.4, -0.2) is 0 Å². The zero-order chi connectivity index (χ0) is 23.1. The van der Waals surface area contributed by atoms with Crippen molar-refractivity contribution in [2.24, 2.45) is 0 Å². The number of hydrogen-bond acceptors (Lipinski definition) is 0. The van der Waals surface area contributed by atoms with Crippen LogP contribution >= 0.6 is 0 Å². The van der Waals surface area contributed by atoms with E-state index in [0.717, 1.165) is 6.42 Å². The highest BCUT2D eigenvalue weighted by molar-refractivity contribution is 5.87. The van der Waals surface area contributed by atoms with Crippen LogP contribution in [0.2, 0.25) is 0 Å². The molecule has 0 aromatic heterocycles. The second kappa shape index (κ2) is 10.2. The minimum absolute atomic E-state index is 0.406. The Balaban J connectivity index is 1.96. The molecule has 2 aromatic carbocycles. The molecule has 2 aliphatic carbocycles. The van der Waals surface area contributed by atoms with Crippen molar-refractivity contribution in [1.82, 2.24) is 0 Å². The summed E-state index contributed by atoms with van der Waals surface area (Å²) in [5, 5.41) is 0. The highest BCUT2D eigenvalue weighted by atomic mass is 14.5. The van der Waals surface area contributed by atoms with E-state index in [4.69, 9.17) is 0 Å². The summed E-state index contributed by atoms with van der Waals surface area (Å²) >= 11 is 0. The smallest absolute Gasteiger partial charge is 0.0782 e. The van der Waals surface area contributed by atoms with Gasteiger partial charge in [0.25, 0.3) is 0 Å². The molecule has 162 valence electrons. The number of benzene rings is 2. The maximum atomic E-state index is 3.66. The maximum Gasteiger partial charge on any atom is 0.0782 e. The van der Waals surface area contributed by atoms with Crippen LogP contribution in [0.25, 0.3) is 5.57 Å². The minimum Gasteiger partial charge on any atom is -0.126 e. The molecule has 0 bridgehead atoms. The van der Waals surface area contributed by atoms with E-state index in [1.54, 1.807) is 0 Å². The summed E-state index contributed by atoms with van der Waals surface area (Å²) in [6, 6.07) is 19.7. The first kappa shape index (κ1) is 22.4. The van der Waals surface area contributed by atoms with Crippen LogP contribution in [0.15, 0.2) is 144 Å². The SMILES string of the molecule is CC=C=C/C=C\CC1=CC(C2(c3ccccc3)C(/C=C\C)=C(C)c3ccccc32)=C=CC=C1. The second-order valence-electron chi connectivity index (χ2n) is 8.26. The topological polar surface area (TPSA) is 0 Å². The molecule has 0 amide bonds. The molecule has 0 nitrogen and oxygen atoms in total. The Morgan fingerprint density at radius 1 is 1.00 bits per heavy atom. The van der Waals surface area contributed by atoms with Crippen molar-refractivity contribution in [2.75, 3.05) is 0 Å². The number of fused-ring (bicyclic) bond motifs is 1. The molecule has 2 aromatic rings. The van der Waals surface area contributed by atoms with E-state index >= 15 is 0 Å². The van der Waals surface area contributed by atoms with Crippen LogP contribution < -0.4 is 0 Å². The summed E-state index contributed by atoms with van der Waals surface area (Å²) in [4.78, 5) is 0. The quantitative estimate of drug-likeness (QED) is 0.320. The van der Waals surface area contributed by atoms with Gasteiger partial charge in [-0.05, 0) is 84.9 Å². The number of hydrogen-bond donors (Lipinski definition) is 0. The normalized spacial score (nSPS) is 19.4. The largest absolute Gasteiger partial charge is 0.126 e. The maximum absolute atomic E-state index is 3.66. The summed E-state index contributed by atoms with van der Waals surface area (Å²) in [6.07, 6.45) is 22.1. The zero-order valence-corrected chi connectivity index (χ0v) is 19.7. The van der Waals surface area contributed by atoms with Crippen LogP contribution in [0, 0.1) is 0 Å².